The first-order valence-corrected chi connectivity index (χ1v) is 26.3. The van der Waals surface area contributed by atoms with Crippen molar-refractivity contribution in [1.29, 1.82) is 0 Å². The Morgan fingerprint density at radius 1 is 0.685 bits per heavy atom. The van der Waals surface area contributed by atoms with Crippen LogP contribution in [0.4, 0.5) is 0 Å². The molecule has 0 unspecified atom stereocenters. The van der Waals surface area contributed by atoms with E-state index in [2.05, 4.69) is 12.2 Å². The molecule has 0 saturated heterocycles. The van der Waals surface area contributed by atoms with E-state index in [0.29, 0.717) is 49.0 Å². The van der Waals surface area contributed by atoms with Crippen molar-refractivity contribution in [2.45, 2.75) is 187 Å². The number of Topliss-reactive ketones (excluding diaryl/α,β-unsaturated/α-hetero) is 6. The van der Waals surface area contributed by atoms with Crippen LogP contribution < -0.4 is 0 Å². The lowest BCUT2D eigenvalue weighted by Crippen LogP contribution is -2.70. The monoisotopic (exact) mass is 1000 g/mol. The van der Waals surface area contributed by atoms with Crippen molar-refractivity contribution in [2.24, 2.45) is 50.2 Å². The molecule has 73 heavy (non-hydrogen) atoms. The Morgan fingerprint density at radius 3 is 1.59 bits per heavy atom. The van der Waals surface area contributed by atoms with E-state index in [9.17, 15) is 39.3 Å². The maximum atomic E-state index is 15.0. The van der Waals surface area contributed by atoms with Gasteiger partial charge in [0.25, 0.3) is 0 Å². The topological polar surface area (TPSA) is 172 Å². The Labute approximate surface area is 436 Å². The van der Waals surface area contributed by atoms with Gasteiger partial charge in [0, 0.05) is 23.5 Å². The number of benzene rings is 1. The maximum absolute atomic E-state index is 15.0. The van der Waals surface area contributed by atoms with Crippen molar-refractivity contribution in [1.82, 2.24) is 0 Å². The second-order valence-corrected chi connectivity index (χ2v) is 25.5. The van der Waals surface area contributed by atoms with E-state index in [0.717, 1.165) is 22.3 Å². The quantitative estimate of drug-likeness (QED) is 0.0872. The van der Waals surface area contributed by atoms with Crippen LogP contribution in [0, 0.1) is 50.2 Å². The fraction of sp³-hybridized carbons (Fsp3) is 0.587. The average Bonchev–Trinajstić information content (AvgIpc) is 3.75. The number of ketones is 6. The van der Waals surface area contributed by atoms with E-state index < -0.39 is 84.6 Å². The summed E-state index contributed by atoms with van der Waals surface area (Å²) in [6.07, 6.45) is 13.1. The zero-order valence-corrected chi connectivity index (χ0v) is 47.3. The van der Waals surface area contributed by atoms with Crippen molar-refractivity contribution in [3.63, 3.8) is 0 Å². The molecule has 10 nitrogen and oxygen atoms in total. The lowest BCUT2D eigenvalue weighted by Gasteiger charge is -2.59. The van der Waals surface area contributed by atoms with Crippen LogP contribution in [0.2, 0.25) is 0 Å². The average molecular weight is 1000 g/mol. The highest BCUT2D eigenvalue weighted by molar-refractivity contribution is 6.37. The predicted octanol–water partition coefficient (Wildman–Crippen LogP) is 12.8. The number of aliphatic hydroxyl groups is 3. The fourth-order valence-corrected chi connectivity index (χ4v) is 12.5. The highest BCUT2D eigenvalue weighted by atomic mass is 16.5. The molecule has 1 aromatic carbocycles. The summed E-state index contributed by atoms with van der Waals surface area (Å²) in [5.41, 5.74) is -5.70. The van der Waals surface area contributed by atoms with Crippen LogP contribution in [-0.4, -0.2) is 67.3 Å². The van der Waals surface area contributed by atoms with Gasteiger partial charge < -0.3 is 20.1 Å². The van der Waals surface area contributed by atoms with Crippen molar-refractivity contribution < 1.29 is 48.8 Å². The van der Waals surface area contributed by atoms with Gasteiger partial charge in [-0.1, -0.05) is 125 Å². The summed E-state index contributed by atoms with van der Waals surface area (Å²) in [7, 11) is 0. The number of carbonyl (C=O) groups is 6. The number of allylic oxidation sites excluding steroid dienone is 12. The summed E-state index contributed by atoms with van der Waals surface area (Å²) in [5, 5.41) is 32.8. The molecule has 1 heterocycles. The Balaban J connectivity index is 0.000000272. The van der Waals surface area contributed by atoms with Gasteiger partial charge in [0.05, 0.1) is 27.6 Å². The Morgan fingerprint density at radius 2 is 1.14 bits per heavy atom. The molecule has 5 aliphatic rings. The highest BCUT2D eigenvalue weighted by Gasteiger charge is 2.77. The van der Waals surface area contributed by atoms with E-state index in [4.69, 9.17) is 4.74 Å². The summed E-state index contributed by atoms with van der Waals surface area (Å²) in [4.78, 5) is 87.2. The molecule has 10 heteroatoms. The van der Waals surface area contributed by atoms with Crippen molar-refractivity contribution in [2.75, 3.05) is 0 Å². The first-order chi connectivity index (χ1) is 33.5. The van der Waals surface area contributed by atoms with Gasteiger partial charge in [-0.2, -0.15) is 0 Å². The summed E-state index contributed by atoms with van der Waals surface area (Å²) in [6.45, 7) is 33.3. The zero-order valence-electron chi connectivity index (χ0n) is 47.3. The van der Waals surface area contributed by atoms with Crippen molar-refractivity contribution in [3.8, 4) is 0 Å². The van der Waals surface area contributed by atoms with Gasteiger partial charge in [-0.25, -0.2) is 0 Å². The molecule has 6 rings (SSSR count). The molecule has 1 aliphatic heterocycles. The number of hydrogen-bond donors (Lipinski definition) is 3. The number of rotatable bonds is 15. The number of hydrogen-bond acceptors (Lipinski definition) is 10. The second-order valence-electron chi connectivity index (χ2n) is 25.5. The summed E-state index contributed by atoms with van der Waals surface area (Å²) in [6, 6.07) is 8.74. The van der Waals surface area contributed by atoms with E-state index >= 15 is 4.79 Å². The molecule has 2 saturated carbocycles. The Hall–Kier alpha value is -5.06. The van der Waals surface area contributed by atoms with Gasteiger partial charge in [0.15, 0.2) is 45.5 Å². The molecule has 4 bridgehead atoms. The molecule has 398 valence electrons. The van der Waals surface area contributed by atoms with Gasteiger partial charge >= 0.3 is 0 Å². The van der Waals surface area contributed by atoms with Crippen LogP contribution in [0.1, 0.15) is 180 Å². The fourth-order valence-electron chi connectivity index (χ4n) is 12.5. The van der Waals surface area contributed by atoms with E-state index in [-0.39, 0.29) is 41.8 Å². The third-order valence-corrected chi connectivity index (χ3v) is 17.0. The van der Waals surface area contributed by atoms with Crippen LogP contribution in [0.3, 0.4) is 0 Å². The second kappa shape index (κ2) is 20.6. The highest BCUT2D eigenvalue weighted by Crippen LogP contribution is 2.69. The molecule has 0 radical (unpaired) electrons. The third-order valence-electron chi connectivity index (χ3n) is 17.0. The van der Waals surface area contributed by atoms with E-state index in [1.54, 1.807) is 65.8 Å². The number of fused-ring (bicyclic) bond motifs is 5. The molecule has 2 fully saturated rings. The van der Waals surface area contributed by atoms with Crippen LogP contribution in [0.25, 0.3) is 0 Å². The minimum atomic E-state index is -1.92. The molecule has 4 aliphatic carbocycles. The molecule has 3 N–H and O–H groups in total. The predicted molar refractivity (Wildman–Crippen MR) is 288 cm³/mol. The molecule has 0 amide bonds. The van der Waals surface area contributed by atoms with Gasteiger partial charge in [-0.15, -0.1) is 0 Å². The number of ether oxygens (including phenoxy) is 1. The van der Waals surface area contributed by atoms with Crippen LogP contribution in [-0.2, 0) is 28.7 Å². The Bertz CT molecular complexity index is 2630. The van der Waals surface area contributed by atoms with E-state index in [1.165, 1.54) is 12.2 Å². The van der Waals surface area contributed by atoms with Crippen LogP contribution in [0.5, 0.6) is 0 Å². The summed E-state index contributed by atoms with van der Waals surface area (Å²) < 4.78 is 6.40. The smallest absolute Gasteiger partial charge is 0.187 e. The number of aliphatic hydroxyl groups excluding tert-OH is 1. The summed E-state index contributed by atoms with van der Waals surface area (Å²) >= 11 is 0. The van der Waals surface area contributed by atoms with Gasteiger partial charge in [0.2, 0.25) is 0 Å². The molecule has 1 aromatic rings. The molecule has 0 spiro atoms. The molecule has 0 aromatic heterocycles. The standard InChI is InChI=1S/C33H42O5.C30H44O5/c1-20(2)14-15-23-19-32(17-16-21(3)4)28-24(18-25(38-28)31(7,8)37)27(35)33(29(32)36,30(23,5)6)26(34)22-12-10-9-11-13-22;1-18(2)11-12-21-17-29(16-13-19(3)4)24(32)22(14-15-27(7,8)35)25(33)30(26(29)34,28(21,9)10)23(31)20(5)6/h9-14,16,23,25,37H,15,17-19H2,1-8H3;11,13-15,20-21,32,35H,12,16-17H2,1-10H3/b;15-14-/t23-,25-,32+,33-;21-,29-,30+/m11/s1. The largest absolute Gasteiger partial charge is 0.510 e. The van der Waals surface area contributed by atoms with Crippen LogP contribution >= 0.6 is 0 Å². The summed E-state index contributed by atoms with van der Waals surface area (Å²) in [5.74, 6) is -3.53. The van der Waals surface area contributed by atoms with Crippen molar-refractivity contribution >= 4 is 34.7 Å². The lowest BCUT2D eigenvalue weighted by molar-refractivity contribution is -0.177. The van der Waals surface area contributed by atoms with Gasteiger partial charge in [-0.3, -0.25) is 28.8 Å². The third kappa shape index (κ3) is 9.89. The first kappa shape index (κ1) is 58.8. The molecular formula is C63H86O10. The zero-order chi connectivity index (χ0) is 55.4. The maximum Gasteiger partial charge on any atom is 0.187 e. The minimum absolute atomic E-state index is 0.0448. The minimum Gasteiger partial charge on any atom is -0.510 e. The van der Waals surface area contributed by atoms with Crippen LogP contribution in [0.15, 0.2) is 112 Å². The van der Waals surface area contributed by atoms with Gasteiger partial charge in [0.1, 0.15) is 17.6 Å². The molecular weight excluding hydrogens is 917 g/mol. The number of carbonyl (C=O) groups excluding carboxylic acids is 6. The van der Waals surface area contributed by atoms with E-state index in [1.807, 2.05) is 101 Å². The Kier molecular flexibility index (Phi) is 16.6. The lowest BCUT2D eigenvalue weighted by atomic mass is 9.39. The SMILES string of the molecule is CC(C)=CC[C@@H]1C[C@@]2(CC=C(C)C)C(=O)[C@](C(=O)C(C)C)(C(=O)C(/C=C\C(C)(C)O)=C2O)C1(C)C.CC(C)=CC[C@@H]1C[C@]2(CC=C(C)C)C(=O)[C@@](C(=O)c3ccccc3)(C(=O)C3=C2O[C@@H](C(C)(C)O)C3)C1(C)C. The first-order valence-electron chi connectivity index (χ1n) is 26.3. The molecule has 7 atom stereocenters. The van der Waals surface area contributed by atoms with Gasteiger partial charge in [-0.05, 0) is 150 Å². The normalized spacial score (nSPS) is 29.2. The van der Waals surface area contributed by atoms with Crippen molar-refractivity contribution in [3.05, 3.63) is 117 Å².